The van der Waals surface area contributed by atoms with E-state index in [-0.39, 0.29) is 0 Å². The second kappa shape index (κ2) is 2.52. The van der Waals surface area contributed by atoms with E-state index in [1.54, 1.807) is 0 Å². The number of nitrogens with two attached hydrogens (primary N) is 2. The van der Waals surface area contributed by atoms with Crippen LogP contribution in [-0.2, 0) is 6.42 Å². The molecule has 0 saturated carbocycles. The number of hydrogen-bond donors (Lipinski definition) is 2. The van der Waals surface area contributed by atoms with E-state index in [0.717, 1.165) is 29.8 Å². The van der Waals surface area contributed by atoms with Crippen molar-refractivity contribution in [3.63, 3.8) is 0 Å². The molecule has 0 amide bonds. The molecule has 12 heavy (non-hydrogen) atoms. The van der Waals surface area contributed by atoms with E-state index >= 15 is 0 Å². The maximum absolute atomic E-state index is 5.65. The van der Waals surface area contributed by atoms with Crippen molar-refractivity contribution in [3.05, 3.63) is 29.3 Å². The van der Waals surface area contributed by atoms with Gasteiger partial charge in [0.2, 0.25) is 0 Å². The molecule has 62 valence electrons. The molecule has 0 atom stereocenters. The van der Waals surface area contributed by atoms with Crippen molar-refractivity contribution in [2.24, 2.45) is 10.9 Å². The lowest BCUT2D eigenvalue weighted by Gasteiger charge is -1.99. The quantitative estimate of drug-likeness (QED) is 0.337. The fourth-order valence-electron chi connectivity index (χ4n) is 1.60. The zero-order valence-electron chi connectivity index (χ0n) is 6.75. The van der Waals surface area contributed by atoms with E-state index < -0.39 is 0 Å². The molecular weight excluding hydrogens is 150 g/mol. The molecule has 0 aromatic heterocycles. The Morgan fingerprint density at radius 2 is 2.08 bits per heavy atom. The summed E-state index contributed by atoms with van der Waals surface area (Å²) in [6.45, 7) is 0. The third-order valence-corrected chi connectivity index (χ3v) is 2.23. The number of fused-ring (bicyclic) bond motifs is 1. The van der Waals surface area contributed by atoms with Crippen LogP contribution in [0.5, 0.6) is 0 Å². The van der Waals surface area contributed by atoms with Crippen LogP contribution in [0, 0.1) is 0 Å². The lowest BCUT2D eigenvalue weighted by Crippen LogP contribution is -1.99. The molecule has 0 unspecified atom stereocenters. The van der Waals surface area contributed by atoms with Gasteiger partial charge in [0.05, 0.1) is 5.71 Å². The monoisotopic (exact) mass is 161 g/mol. The van der Waals surface area contributed by atoms with Gasteiger partial charge in [-0.05, 0) is 30.5 Å². The highest BCUT2D eigenvalue weighted by Gasteiger charge is 2.16. The van der Waals surface area contributed by atoms with E-state index in [9.17, 15) is 0 Å². The molecule has 1 aromatic carbocycles. The number of nitrogens with zero attached hydrogens (tertiary/aromatic N) is 1. The summed E-state index contributed by atoms with van der Waals surface area (Å²) in [4.78, 5) is 0. The van der Waals surface area contributed by atoms with E-state index in [4.69, 9.17) is 11.6 Å². The zero-order chi connectivity index (χ0) is 8.55. The fourth-order valence-corrected chi connectivity index (χ4v) is 1.60. The molecule has 0 aliphatic heterocycles. The largest absolute Gasteiger partial charge is 0.399 e. The fraction of sp³-hybridized carbons (Fsp3) is 0.222. The number of rotatable bonds is 0. The van der Waals surface area contributed by atoms with Crippen LogP contribution in [0.4, 0.5) is 5.69 Å². The van der Waals surface area contributed by atoms with Crippen LogP contribution in [-0.4, -0.2) is 5.71 Å². The Bertz CT molecular complexity index is 342. The summed E-state index contributed by atoms with van der Waals surface area (Å²) in [6.07, 6.45) is 1.97. The molecule has 0 fully saturated rings. The standard InChI is InChI=1S/C9H11N3/c10-7-3-1-6-2-4-9(12-11)8(6)5-7/h1,3,5H,2,4,10-11H2. The summed E-state index contributed by atoms with van der Waals surface area (Å²) in [6, 6.07) is 5.90. The highest BCUT2D eigenvalue weighted by Crippen LogP contribution is 2.23. The Morgan fingerprint density at radius 1 is 1.25 bits per heavy atom. The van der Waals surface area contributed by atoms with Gasteiger partial charge >= 0.3 is 0 Å². The number of hydrogen-bond acceptors (Lipinski definition) is 3. The summed E-state index contributed by atoms with van der Waals surface area (Å²) >= 11 is 0. The van der Waals surface area contributed by atoms with Crippen LogP contribution in [0.25, 0.3) is 0 Å². The van der Waals surface area contributed by atoms with Crippen molar-refractivity contribution in [3.8, 4) is 0 Å². The van der Waals surface area contributed by atoms with Crippen molar-refractivity contribution in [2.45, 2.75) is 12.8 Å². The van der Waals surface area contributed by atoms with Gasteiger partial charge in [0.15, 0.2) is 0 Å². The summed E-state index contributed by atoms with van der Waals surface area (Å²) in [5.41, 5.74) is 9.82. The summed E-state index contributed by atoms with van der Waals surface area (Å²) in [7, 11) is 0. The Morgan fingerprint density at radius 3 is 2.83 bits per heavy atom. The van der Waals surface area contributed by atoms with Crippen molar-refractivity contribution in [1.29, 1.82) is 0 Å². The maximum atomic E-state index is 5.65. The van der Waals surface area contributed by atoms with E-state index in [2.05, 4.69) is 5.10 Å². The molecule has 0 heterocycles. The topological polar surface area (TPSA) is 64.4 Å². The minimum absolute atomic E-state index is 0.775. The van der Waals surface area contributed by atoms with Gasteiger partial charge in [0.1, 0.15) is 0 Å². The van der Waals surface area contributed by atoms with Crippen LogP contribution >= 0.6 is 0 Å². The molecular formula is C9H11N3. The average molecular weight is 161 g/mol. The first-order chi connectivity index (χ1) is 5.81. The molecule has 1 aromatic rings. The predicted octanol–water partition coefficient (Wildman–Crippen LogP) is 0.878. The first-order valence-electron chi connectivity index (χ1n) is 3.97. The molecule has 3 heteroatoms. The third kappa shape index (κ3) is 0.942. The van der Waals surface area contributed by atoms with Gasteiger partial charge in [-0.3, -0.25) is 0 Å². The van der Waals surface area contributed by atoms with E-state index in [1.807, 2.05) is 18.2 Å². The Balaban J connectivity index is 2.57. The minimum Gasteiger partial charge on any atom is -0.399 e. The van der Waals surface area contributed by atoms with Crippen molar-refractivity contribution in [1.82, 2.24) is 0 Å². The first-order valence-corrected chi connectivity index (χ1v) is 3.97. The van der Waals surface area contributed by atoms with Crippen LogP contribution in [0.15, 0.2) is 23.3 Å². The van der Waals surface area contributed by atoms with Crippen LogP contribution < -0.4 is 11.6 Å². The Hall–Kier alpha value is -1.51. The number of hydrazone groups is 1. The normalized spacial score (nSPS) is 18.2. The zero-order valence-corrected chi connectivity index (χ0v) is 6.75. The molecule has 0 spiro atoms. The average Bonchev–Trinajstić information content (AvgIpc) is 2.46. The lowest BCUT2D eigenvalue weighted by atomic mass is 10.1. The number of aryl methyl sites for hydroxylation is 1. The van der Waals surface area contributed by atoms with E-state index in [0.29, 0.717) is 0 Å². The minimum atomic E-state index is 0.775. The van der Waals surface area contributed by atoms with Crippen molar-refractivity contribution >= 4 is 11.4 Å². The number of benzene rings is 1. The highest BCUT2D eigenvalue weighted by atomic mass is 15.1. The summed E-state index contributed by atoms with van der Waals surface area (Å²) < 4.78 is 0. The van der Waals surface area contributed by atoms with Crippen LogP contribution in [0.2, 0.25) is 0 Å². The molecule has 3 nitrogen and oxygen atoms in total. The highest BCUT2D eigenvalue weighted by molar-refractivity contribution is 6.04. The Labute approximate surface area is 71.1 Å². The molecule has 4 N–H and O–H groups in total. The third-order valence-electron chi connectivity index (χ3n) is 2.23. The molecule has 0 radical (unpaired) electrons. The number of nitrogen functional groups attached to an aromatic ring is 1. The van der Waals surface area contributed by atoms with Gasteiger partial charge in [0, 0.05) is 11.3 Å². The van der Waals surface area contributed by atoms with Gasteiger partial charge < -0.3 is 11.6 Å². The number of anilines is 1. The van der Waals surface area contributed by atoms with Crippen molar-refractivity contribution in [2.75, 3.05) is 5.73 Å². The van der Waals surface area contributed by atoms with E-state index in [1.165, 1.54) is 5.56 Å². The van der Waals surface area contributed by atoms with Gasteiger partial charge in [-0.25, -0.2) is 0 Å². The second-order valence-corrected chi connectivity index (χ2v) is 2.99. The summed E-state index contributed by atoms with van der Waals surface area (Å²) in [5.74, 6) is 5.25. The molecule has 1 aliphatic rings. The van der Waals surface area contributed by atoms with Gasteiger partial charge in [0.25, 0.3) is 0 Å². The van der Waals surface area contributed by atoms with Crippen molar-refractivity contribution < 1.29 is 0 Å². The maximum Gasteiger partial charge on any atom is 0.0679 e. The molecule has 0 bridgehead atoms. The van der Waals surface area contributed by atoms with Gasteiger partial charge in [-0.2, -0.15) is 5.10 Å². The van der Waals surface area contributed by atoms with Crippen LogP contribution in [0.3, 0.4) is 0 Å². The summed E-state index contributed by atoms with van der Waals surface area (Å²) in [5, 5.41) is 3.73. The SMILES string of the molecule is NN=C1CCc2ccc(N)cc21. The lowest BCUT2D eigenvalue weighted by molar-refractivity contribution is 1.08. The molecule has 1 aliphatic carbocycles. The smallest absolute Gasteiger partial charge is 0.0679 e. The predicted molar refractivity (Wildman–Crippen MR) is 49.9 cm³/mol. The Kier molecular flexibility index (Phi) is 1.50. The van der Waals surface area contributed by atoms with Gasteiger partial charge in [-0.1, -0.05) is 6.07 Å². The molecule has 0 saturated heterocycles. The van der Waals surface area contributed by atoms with Crippen LogP contribution in [0.1, 0.15) is 17.5 Å². The second-order valence-electron chi connectivity index (χ2n) is 2.99. The first kappa shape index (κ1) is 7.16. The van der Waals surface area contributed by atoms with Gasteiger partial charge in [-0.15, -0.1) is 0 Å². The molecule has 2 rings (SSSR count).